The molecule has 0 aromatic carbocycles. The zero-order chi connectivity index (χ0) is 10.6. The van der Waals surface area contributed by atoms with Gasteiger partial charge < -0.3 is 10.2 Å². The van der Waals surface area contributed by atoms with E-state index in [1.54, 1.807) is 11.8 Å². The molecule has 0 aliphatic carbocycles. The van der Waals surface area contributed by atoms with E-state index in [4.69, 9.17) is 0 Å². The highest BCUT2D eigenvalue weighted by Crippen LogP contribution is 2.12. The molecule has 14 heavy (non-hydrogen) atoms. The molecule has 1 rings (SSSR count). The smallest absolute Gasteiger partial charge is 0.226 e. The van der Waals surface area contributed by atoms with Crippen LogP contribution < -0.4 is 5.32 Å². The summed E-state index contributed by atoms with van der Waals surface area (Å²) in [6.45, 7) is 6.85. The van der Waals surface area contributed by atoms with Gasteiger partial charge in [0, 0.05) is 37.3 Å². The molecule has 2 atom stereocenters. The summed E-state index contributed by atoms with van der Waals surface area (Å²) in [5.74, 6) is 1.40. The molecule has 1 heterocycles. The van der Waals surface area contributed by atoms with Crippen molar-refractivity contribution in [3.05, 3.63) is 0 Å². The van der Waals surface area contributed by atoms with Crippen molar-refractivity contribution < 1.29 is 4.79 Å². The van der Waals surface area contributed by atoms with Crippen molar-refractivity contribution in [2.24, 2.45) is 5.92 Å². The predicted molar refractivity (Wildman–Crippen MR) is 61.6 cm³/mol. The van der Waals surface area contributed by atoms with E-state index >= 15 is 0 Å². The van der Waals surface area contributed by atoms with Gasteiger partial charge in [0.15, 0.2) is 0 Å². The molecule has 1 fully saturated rings. The Kier molecular flexibility index (Phi) is 4.75. The summed E-state index contributed by atoms with van der Waals surface area (Å²) in [7, 11) is 0. The topological polar surface area (TPSA) is 32.3 Å². The van der Waals surface area contributed by atoms with Gasteiger partial charge in [0.1, 0.15) is 0 Å². The third kappa shape index (κ3) is 2.89. The lowest BCUT2D eigenvalue weighted by Crippen LogP contribution is -2.53. The molecule has 0 spiro atoms. The van der Waals surface area contributed by atoms with Gasteiger partial charge in [-0.3, -0.25) is 4.79 Å². The second-order valence-electron chi connectivity index (χ2n) is 3.94. The highest BCUT2D eigenvalue weighted by atomic mass is 32.2. The van der Waals surface area contributed by atoms with Crippen LogP contribution in [0.25, 0.3) is 0 Å². The number of hydrogen-bond donors (Lipinski definition) is 1. The first-order chi connectivity index (χ1) is 6.66. The Morgan fingerprint density at radius 3 is 3.00 bits per heavy atom. The second-order valence-corrected chi connectivity index (χ2v) is 4.85. The van der Waals surface area contributed by atoms with E-state index < -0.39 is 0 Å². The first-order valence-electron chi connectivity index (χ1n) is 5.17. The van der Waals surface area contributed by atoms with Crippen LogP contribution in [0.5, 0.6) is 0 Å². The van der Waals surface area contributed by atoms with Crippen LogP contribution in [-0.2, 0) is 4.79 Å². The molecule has 1 saturated heterocycles. The fourth-order valence-electron chi connectivity index (χ4n) is 1.77. The van der Waals surface area contributed by atoms with Gasteiger partial charge in [-0.05, 0) is 13.2 Å². The van der Waals surface area contributed by atoms with Gasteiger partial charge in [0.25, 0.3) is 0 Å². The van der Waals surface area contributed by atoms with Crippen molar-refractivity contribution in [1.82, 2.24) is 10.2 Å². The fraction of sp³-hybridized carbons (Fsp3) is 0.900. The van der Waals surface area contributed by atoms with E-state index in [0.717, 1.165) is 25.4 Å². The Morgan fingerprint density at radius 2 is 2.43 bits per heavy atom. The zero-order valence-corrected chi connectivity index (χ0v) is 10.1. The van der Waals surface area contributed by atoms with Crippen molar-refractivity contribution in [3.63, 3.8) is 0 Å². The van der Waals surface area contributed by atoms with E-state index in [-0.39, 0.29) is 5.92 Å². The quantitative estimate of drug-likeness (QED) is 0.757. The van der Waals surface area contributed by atoms with Gasteiger partial charge in [-0.2, -0.15) is 11.8 Å². The molecule has 82 valence electrons. The summed E-state index contributed by atoms with van der Waals surface area (Å²) in [5, 5.41) is 3.29. The van der Waals surface area contributed by atoms with Crippen LogP contribution in [0.3, 0.4) is 0 Å². The molecule has 1 aliphatic rings. The molecule has 3 nitrogen and oxygen atoms in total. The minimum Gasteiger partial charge on any atom is -0.337 e. The number of hydrogen-bond acceptors (Lipinski definition) is 3. The highest BCUT2D eigenvalue weighted by Gasteiger charge is 2.26. The minimum absolute atomic E-state index is 0.158. The van der Waals surface area contributed by atoms with Gasteiger partial charge >= 0.3 is 0 Å². The number of amides is 1. The zero-order valence-electron chi connectivity index (χ0n) is 9.25. The SMILES string of the molecule is CSCC(C)C(=O)N1CCNCC1C. The summed E-state index contributed by atoms with van der Waals surface area (Å²) in [6, 6.07) is 0.348. The molecule has 0 bridgehead atoms. The maximum atomic E-state index is 12.0. The van der Waals surface area contributed by atoms with Crippen LogP contribution in [0, 0.1) is 5.92 Å². The van der Waals surface area contributed by atoms with Crippen LogP contribution in [0.15, 0.2) is 0 Å². The Labute approximate surface area is 90.6 Å². The summed E-state index contributed by atoms with van der Waals surface area (Å²) in [4.78, 5) is 14.0. The third-order valence-corrected chi connectivity index (χ3v) is 3.46. The van der Waals surface area contributed by atoms with Crippen molar-refractivity contribution in [2.45, 2.75) is 19.9 Å². The number of carbonyl (C=O) groups is 1. The monoisotopic (exact) mass is 216 g/mol. The predicted octanol–water partition coefficient (Wildman–Crippen LogP) is 0.806. The molecule has 1 N–H and O–H groups in total. The van der Waals surface area contributed by atoms with Crippen LogP contribution in [-0.4, -0.2) is 48.5 Å². The van der Waals surface area contributed by atoms with Crippen molar-refractivity contribution >= 4 is 17.7 Å². The third-order valence-electron chi connectivity index (χ3n) is 2.62. The lowest BCUT2D eigenvalue weighted by atomic mass is 10.1. The number of nitrogens with zero attached hydrogens (tertiary/aromatic N) is 1. The van der Waals surface area contributed by atoms with Gasteiger partial charge in [0.05, 0.1) is 0 Å². The van der Waals surface area contributed by atoms with Crippen molar-refractivity contribution in [1.29, 1.82) is 0 Å². The first kappa shape index (κ1) is 11.9. The minimum atomic E-state index is 0.158. The van der Waals surface area contributed by atoms with Crippen LogP contribution >= 0.6 is 11.8 Å². The average molecular weight is 216 g/mol. The molecule has 4 heteroatoms. The lowest BCUT2D eigenvalue weighted by Gasteiger charge is -2.35. The molecular formula is C10H20N2OS. The van der Waals surface area contributed by atoms with Crippen LogP contribution in [0.4, 0.5) is 0 Å². The standard InChI is InChI=1S/C10H20N2OS/c1-8(7-14-3)10(13)12-5-4-11-6-9(12)2/h8-9,11H,4-7H2,1-3H3. The van der Waals surface area contributed by atoms with Gasteiger partial charge in [0.2, 0.25) is 5.91 Å². The molecule has 0 radical (unpaired) electrons. The van der Waals surface area contributed by atoms with Crippen LogP contribution in [0.1, 0.15) is 13.8 Å². The Hall–Kier alpha value is -0.220. The number of rotatable bonds is 3. The van der Waals surface area contributed by atoms with Gasteiger partial charge in [-0.15, -0.1) is 0 Å². The number of nitrogens with one attached hydrogen (secondary N) is 1. The normalized spacial score (nSPS) is 24.8. The van der Waals surface area contributed by atoms with E-state index in [0.29, 0.717) is 11.9 Å². The van der Waals surface area contributed by atoms with Crippen molar-refractivity contribution in [3.8, 4) is 0 Å². The highest BCUT2D eigenvalue weighted by molar-refractivity contribution is 7.98. The fourth-order valence-corrected chi connectivity index (χ4v) is 2.42. The molecule has 2 unspecified atom stereocenters. The van der Waals surface area contributed by atoms with Gasteiger partial charge in [-0.1, -0.05) is 6.92 Å². The maximum absolute atomic E-state index is 12.0. The number of thioether (sulfide) groups is 1. The van der Waals surface area contributed by atoms with E-state index in [2.05, 4.69) is 12.2 Å². The Morgan fingerprint density at radius 1 is 1.71 bits per heavy atom. The largest absolute Gasteiger partial charge is 0.337 e. The Bertz CT molecular complexity index is 199. The summed E-state index contributed by atoms with van der Waals surface area (Å²) in [6.07, 6.45) is 2.05. The van der Waals surface area contributed by atoms with E-state index in [1.807, 2.05) is 18.1 Å². The molecule has 1 aliphatic heterocycles. The Balaban J connectivity index is 2.49. The van der Waals surface area contributed by atoms with Crippen LogP contribution in [0.2, 0.25) is 0 Å². The maximum Gasteiger partial charge on any atom is 0.226 e. The molecule has 0 saturated carbocycles. The molecule has 0 aromatic rings. The second kappa shape index (κ2) is 5.61. The summed E-state index contributed by atoms with van der Waals surface area (Å²) in [5.41, 5.74) is 0. The summed E-state index contributed by atoms with van der Waals surface area (Å²) >= 11 is 1.74. The molecular weight excluding hydrogens is 196 g/mol. The first-order valence-corrected chi connectivity index (χ1v) is 6.56. The van der Waals surface area contributed by atoms with Crippen molar-refractivity contribution in [2.75, 3.05) is 31.6 Å². The molecule has 0 aromatic heterocycles. The van der Waals surface area contributed by atoms with E-state index in [1.165, 1.54) is 0 Å². The number of piperazine rings is 1. The lowest BCUT2D eigenvalue weighted by molar-refractivity contribution is -0.137. The summed E-state index contributed by atoms with van der Waals surface area (Å²) < 4.78 is 0. The van der Waals surface area contributed by atoms with E-state index in [9.17, 15) is 4.79 Å². The number of carbonyl (C=O) groups excluding carboxylic acids is 1. The van der Waals surface area contributed by atoms with Gasteiger partial charge in [-0.25, -0.2) is 0 Å². The molecule has 1 amide bonds. The average Bonchev–Trinajstić information content (AvgIpc) is 2.18.